The molecule has 1 amide bonds. The van der Waals surface area contributed by atoms with Crippen LogP contribution in [0.15, 0.2) is 0 Å². The van der Waals surface area contributed by atoms with E-state index in [1.54, 1.807) is 0 Å². The first-order chi connectivity index (χ1) is 8.36. The molecule has 0 aliphatic carbocycles. The van der Waals surface area contributed by atoms with Gasteiger partial charge in [0, 0.05) is 19.1 Å². The van der Waals surface area contributed by atoms with Gasteiger partial charge in [0.25, 0.3) is 0 Å². The second kappa shape index (κ2) is 6.97. The van der Waals surface area contributed by atoms with Crippen molar-refractivity contribution in [2.24, 2.45) is 0 Å². The van der Waals surface area contributed by atoms with Crippen LogP contribution < -0.4 is 5.32 Å². The molecule has 2 aliphatic rings. The van der Waals surface area contributed by atoms with Crippen molar-refractivity contribution in [2.75, 3.05) is 32.8 Å². The number of nitrogens with zero attached hydrogens (tertiary/aromatic N) is 1. The van der Waals surface area contributed by atoms with Gasteiger partial charge < -0.3 is 15.0 Å². The normalized spacial score (nSPS) is 25.9. The van der Waals surface area contributed by atoms with Crippen LogP contribution >= 0.6 is 0 Å². The van der Waals surface area contributed by atoms with Crippen LogP contribution in [0.2, 0.25) is 0 Å². The monoisotopic (exact) mass is 240 g/mol. The second-order valence-corrected chi connectivity index (χ2v) is 5.10. The standard InChI is InChI=1S/C13H24N2O2/c16-13(15-8-3-1-2-4-9-15)11-17-10-12-6-5-7-14-12/h12,14H,1-11H2. The van der Waals surface area contributed by atoms with E-state index in [1.165, 1.54) is 25.7 Å². The van der Waals surface area contributed by atoms with E-state index in [-0.39, 0.29) is 12.5 Å². The molecule has 0 aromatic carbocycles. The number of hydrogen-bond donors (Lipinski definition) is 1. The van der Waals surface area contributed by atoms with Crippen LogP contribution in [0.5, 0.6) is 0 Å². The Kier molecular flexibility index (Phi) is 5.26. The van der Waals surface area contributed by atoms with Crippen molar-refractivity contribution >= 4 is 5.91 Å². The number of carbonyl (C=O) groups excluding carboxylic acids is 1. The quantitative estimate of drug-likeness (QED) is 0.801. The Balaban J connectivity index is 1.61. The smallest absolute Gasteiger partial charge is 0.248 e. The summed E-state index contributed by atoms with van der Waals surface area (Å²) in [5.74, 6) is 0.171. The van der Waals surface area contributed by atoms with Crippen LogP contribution in [-0.2, 0) is 9.53 Å². The fourth-order valence-corrected chi connectivity index (χ4v) is 2.60. The fraction of sp³-hybridized carbons (Fsp3) is 0.923. The molecule has 1 unspecified atom stereocenters. The molecule has 2 rings (SSSR count). The minimum atomic E-state index is 0.171. The number of ether oxygens (including phenoxy) is 1. The Hall–Kier alpha value is -0.610. The molecule has 1 atom stereocenters. The Morgan fingerprint density at radius 3 is 2.59 bits per heavy atom. The number of likely N-dealkylation sites (tertiary alicyclic amines) is 1. The summed E-state index contributed by atoms with van der Waals surface area (Å²) in [6.07, 6.45) is 7.23. The predicted molar refractivity (Wildman–Crippen MR) is 66.9 cm³/mol. The summed E-state index contributed by atoms with van der Waals surface area (Å²) in [5.41, 5.74) is 0. The summed E-state index contributed by atoms with van der Waals surface area (Å²) in [5, 5.41) is 3.37. The van der Waals surface area contributed by atoms with E-state index < -0.39 is 0 Å². The lowest BCUT2D eigenvalue weighted by atomic mass is 10.2. The molecule has 0 radical (unpaired) electrons. The van der Waals surface area contributed by atoms with Gasteiger partial charge in [0.15, 0.2) is 0 Å². The van der Waals surface area contributed by atoms with Crippen LogP contribution in [0.4, 0.5) is 0 Å². The van der Waals surface area contributed by atoms with Gasteiger partial charge >= 0.3 is 0 Å². The molecular formula is C13H24N2O2. The van der Waals surface area contributed by atoms with Crippen LogP contribution in [0, 0.1) is 0 Å². The van der Waals surface area contributed by atoms with Gasteiger partial charge in [-0.3, -0.25) is 4.79 Å². The van der Waals surface area contributed by atoms with Crippen molar-refractivity contribution < 1.29 is 9.53 Å². The third kappa shape index (κ3) is 4.28. The van der Waals surface area contributed by atoms with Gasteiger partial charge in [-0.15, -0.1) is 0 Å². The van der Waals surface area contributed by atoms with Crippen LogP contribution in [0.3, 0.4) is 0 Å². The molecule has 4 heteroatoms. The van der Waals surface area contributed by atoms with Crippen LogP contribution in [0.25, 0.3) is 0 Å². The number of carbonyl (C=O) groups is 1. The van der Waals surface area contributed by atoms with Crippen molar-refractivity contribution in [2.45, 2.75) is 44.6 Å². The van der Waals surface area contributed by atoms with Gasteiger partial charge in [0.05, 0.1) is 6.61 Å². The highest BCUT2D eigenvalue weighted by molar-refractivity contribution is 5.77. The van der Waals surface area contributed by atoms with Gasteiger partial charge in [-0.1, -0.05) is 12.8 Å². The molecule has 0 bridgehead atoms. The Bertz CT molecular complexity index is 232. The zero-order valence-corrected chi connectivity index (χ0v) is 10.6. The second-order valence-electron chi connectivity index (χ2n) is 5.10. The molecule has 0 saturated carbocycles. The molecule has 1 N–H and O–H groups in total. The van der Waals surface area contributed by atoms with Crippen molar-refractivity contribution in [3.63, 3.8) is 0 Å². The predicted octanol–water partition coefficient (Wildman–Crippen LogP) is 1.16. The lowest BCUT2D eigenvalue weighted by Crippen LogP contribution is -2.36. The van der Waals surface area contributed by atoms with E-state index in [1.807, 2.05) is 4.90 Å². The summed E-state index contributed by atoms with van der Waals surface area (Å²) in [6.45, 7) is 3.87. The van der Waals surface area contributed by atoms with Gasteiger partial charge in [-0.25, -0.2) is 0 Å². The molecule has 2 fully saturated rings. The van der Waals surface area contributed by atoms with Crippen molar-refractivity contribution in [1.82, 2.24) is 10.2 Å². The molecular weight excluding hydrogens is 216 g/mol. The van der Waals surface area contributed by atoms with Crippen molar-refractivity contribution in [1.29, 1.82) is 0 Å². The molecule has 4 nitrogen and oxygen atoms in total. The molecule has 0 aromatic heterocycles. The van der Waals surface area contributed by atoms with E-state index in [0.29, 0.717) is 12.6 Å². The summed E-state index contributed by atoms with van der Waals surface area (Å²) in [6, 6.07) is 0.465. The molecule has 2 heterocycles. The zero-order valence-electron chi connectivity index (χ0n) is 10.6. The Labute approximate surface area is 104 Å². The van der Waals surface area contributed by atoms with Crippen molar-refractivity contribution in [3.8, 4) is 0 Å². The lowest BCUT2D eigenvalue weighted by molar-refractivity contribution is -0.136. The van der Waals surface area contributed by atoms with Crippen LogP contribution in [-0.4, -0.2) is 49.7 Å². The number of amides is 1. The minimum Gasteiger partial charge on any atom is -0.370 e. The summed E-state index contributed by atoms with van der Waals surface area (Å²) in [7, 11) is 0. The first kappa shape index (κ1) is 12.8. The Morgan fingerprint density at radius 1 is 1.18 bits per heavy atom. The molecule has 17 heavy (non-hydrogen) atoms. The summed E-state index contributed by atoms with van der Waals surface area (Å²) >= 11 is 0. The maximum atomic E-state index is 11.9. The summed E-state index contributed by atoms with van der Waals surface area (Å²) < 4.78 is 5.52. The highest BCUT2D eigenvalue weighted by Crippen LogP contribution is 2.10. The fourth-order valence-electron chi connectivity index (χ4n) is 2.60. The molecule has 0 aromatic rings. The highest BCUT2D eigenvalue weighted by Gasteiger charge is 2.17. The topological polar surface area (TPSA) is 41.6 Å². The van der Waals surface area contributed by atoms with Gasteiger partial charge in [0.2, 0.25) is 5.91 Å². The molecule has 2 saturated heterocycles. The van der Waals surface area contributed by atoms with Gasteiger partial charge in [0.1, 0.15) is 6.61 Å². The highest BCUT2D eigenvalue weighted by atomic mass is 16.5. The maximum absolute atomic E-state index is 11.9. The van der Waals surface area contributed by atoms with E-state index in [9.17, 15) is 4.79 Å². The third-order valence-electron chi connectivity index (χ3n) is 3.67. The van der Waals surface area contributed by atoms with Crippen molar-refractivity contribution in [3.05, 3.63) is 0 Å². The number of rotatable bonds is 4. The number of nitrogens with one attached hydrogen (secondary N) is 1. The maximum Gasteiger partial charge on any atom is 0.248 e. The van der Waals surface area contributed by atoms with Gasteiger partial charge in [-0.2, -0.15) is 0 Å². The largest absolute Gasteiger partial charge is 0.370 e. The number of hydrogen-bond acceptors (Lipinski definition) is 3. The molecule has 2 aliphatic heterocycles. The molecule has 0 spiro atoms. The van der Waals surface area contributed by atoms with E-state index >= 15 is 0 Å². The zero-order chi connectivity index (χ0) is 11.9. The van der Waals surface area contributed by atoms with E-state index in [2.05, 4.69) is 5.32 Å². The Morgan fingerprint density at radius 2 is 1.94 bits per heavy atom. The van der Waals surface area contributed by atoms with E-state index in [0.717, 1.165) is 32.5 Å². The average Bonchev–Trinajstić information content (AvgIpc) is 2.69. The first-order valence-corrected chi connectivity index (χ1v) is 6.95. The van der Waals surface area contributed by atoms with Crippen LogP contribution in [0.1, 0.15) is 38.5 Å². The summed E-state index contributed by atoms with van der Waals surface area (Å²) in [4.78, 5) is 13.9. The third-order valence-corrected chi connectivity index (χ3v) is 3.67. The van der Waals surface area contributed by atoms with Gasteiger partial charge in [-0.05, 0) is 32.2 Å². The minimum absolute atomic E-state index is 0.171. The first-order valence-electron chi connectivity index (χ1n) is 6.95. The average molecular weight is 240 g/mol. The molecule has 98 valence electrons. The SMILES string of the molecule is O=C(COCC1CCCN1)N1CCCCCC1. The van der Waals surface area contributed by atoms with E-state index in [4.69, 9.17) is 4.74 Å². The lowest BCUT2D eigenvalue weighted by Gasteiger charge is -2.20.